The molecule has 0 radical (unpaired) electrons. The van der Waals surface area contributed by atoms with E-state index in [-0.39, 0.29) is 24.7 Å². The first-order chi connectivity index (χ1) is 13.7. The van der Waals surface area contributed by atoms with Crippen LogP contribution in [0.2, 0.25) is 0 Å². The second-order valence-corrected chi connectivity index (χ2v) is 8.77. The van der Waals surface area contributed by atoms with Crippen LogP contribution in [0, 0.1) is 0 Å². The van der Waals surface area contributed by atoms with E-state index >= 15 is 0 Å². The van der Waals surface area contributed by atoms with Crippen LogP contribution < -0.4 is 10.2 Å². The first kappa shape index (κ1) is 19.2. The van der Waals surface area contributed by atoms with Gasteiger partial charge in [0.2, 0.25) is 11.8 Å². The first-order valence-corrected chi connectivity index (χ1v) is 11.0. The molecule has 8 heteroatoms. The van der Waals surface area contributed by atoms with Gasteiger partial charge in [-0.05, 0) is 25.0 Å². The van der Waals surface area contributed by atoms with Gasteiger partial charge in [0, 0.05) is 50.5 Å². The van der Waals surface area contributed by atoms with Gasteiger partial charge in [0.25, 0.3) is 0 Å². The lowest BCUT2D eigenvalue weighted by Gasteiger charge is -2.35. The Kier molecular flexibility index (Phi) is 6.14. The van der Waals surface area contributed by atoms with E-state index in [1.807, 2.05) is 23.1 Å². The Hall–Kier alpha value is -2.09. The van der Waals surface area contributed by atoms with Crippen molar-refractivity contribution in [1.29, 1.82) is 0 Å². The number of nitrogens with one attached hydrogen (secondary N) is 1. The number of carbonyl (C=O) groups is 2. The maximum atomic E-state index is 12.5. The van der Waals surface area contributed by atoms with Gasteiger partial charge in [-0.1, -0.05) is 30.7 Å². The number of aliphatic imine (C=N–C) groups is 1. The fourth-order valence-corrected chi connectivity index (χ4v) is 5.33. The minimum absolute atomic E-state index is 0.0468. The zero-order valence-corrected chi connectivity index (χ0v) is 16.9. The van der Waals surface area contributed by atoms with Gasteiger partial charge in [0.05, 0.1) is 6.04 Å². The molecule has 0 bridgehead atoms. The third-order valence-corrected chi connectivity index (χ3v) is 6.92. The van der Waals surface area contributed by atoms with Gasteiger partial charge in [-0.3, -0.25) is 14.6 Å². The summed E-state index contributed by atoms with van der Waals surface area (Å²) in [6.45, 7) is 2.88. The maximum absolute atomic E-state index is 12.5. The van der Waals surface area contributed by atoms with E-state index in [4.69, 9.17) is 0 Å². The summed E-state index contributed by atoms with van der Waals surface area (Å²) >= 11 is 1.69. The van der Waals surface area contributed by atoms with Gasteiger partial charge in [0.1, 0.15) is 5.82 Å². The SMILES string of the molecule is O=C(CCC(=O)N1CCN(c2ccccn2)CC1)NC1=N[C@@H]2CCCC[C@@H]2S1. The van der Waals surface area contributed by atoms with Gasteiger partial charge in [-0.25, -0.2) is 4.98 Å². The summed E-state index contributed by atoms with van der Waals surface area (Å²) in [6, 6.07) is 6.23. The second-order valence-electron chi connectivity index (χ2n) is 7.55. The van der Waals surface area contributed by atoms with Gasteiger partial charge >= 0.3 is 0 Å². The molecule has 3 heterocycles. The van der Waals surface area contributed by atoms with Crippen LogP contribution in [-0.2, 0) is 9.59 Å². The minimum atomic E-state index is -0.106. The maximum Gasteiger partial charge on any atom is 0.226 e. The molecule has 1 N–H and O–H groups in total. The molecule has 2 amide bonds. The van der Waals surface area contributed by atoms with Crippen LogP contribution in [0.15, 0.2) is 29.4 Å². The van der Waals surface area contributed by atoms with Crippen molar-refractivity contribution >= 4 is 34.6 Å². The van der Waals surface area contributed by atoms with Crippen LogP contribution in [-0.4, -0.2) is 64.3 Å². The zero-order chi connectivity index (χ0) is 19.3. The molecule has 0 unspecified atom stereocenters. The highest BCUT2D eigenvalue weighted by Crippen LogP contribution is 2.36. The van der Waals surface area contributed by atoms with Crippen LogP contribution in [0.25, 0.3) is 0 Å². The van der Waals surface area contributed by atoms with Crippen molar-refractivity contribution in [1.82, 2.24) is 15.2 Å². The Morgan fingerprint density at radius 3 is 2.68 bits per heavy atom. The fourth-order valence-electron chi connectivity index (χ4n) is 4.03. The van der Waals surface area contributed by atoms with E-state index in [0.717, 1.165) is 30.5 Å². The van der Waals surface area contributed by atoms with Crippen molar-refractivity contribution in [2.75, 3.05) is 31.1 Å². The Morgan fingerprint density at radius 2 is 1.93 bits per heavy atom. The van der Waals surface area contributed by atoms with Crippen molar-refractivity contribution in [2.24, 2.45) is 4.99 Å². The molecule has 1 aromatic rings. The molecule has 4 rings (SSSR count). The molecule has 150 valence electrons. The van der Waals surface area contributed by atoms with E-state index < -0.39 is 0 Å². The van der Waals surface area contributed by atoms with Crippen molar-refractivity contribution in [3.8, 4) is 0 Å². The largest absolute Gasteiger partial charge is 0.353 e. The van der Waals surface area contributed by atoms with E-state index in [1.165, 1.54) is 19.3 Å². The van der Waals surface area contributed by atoms with Crippen LogP contribution >= 0.6 is 11.8 Å². The molecule has 0 aromatic carbocycles. The third kappa shape index (κ3) is 4.66. The lowest BCUT2D eigenvalue weighted by molar-refractivity contribution is -0.133. The first-order valence-electron chi connectivity index (χ1n) is 10.2. The van der Waals surface area contributed by atoms with E-state index in [1.54, 1.807) is 18.0 Å². The summed E-state index contributed by atoms with van der Waals surface area (Å²) < 4.78 is 0. The summed E-state index contributed by atoms with van der Waals surface area (Å²) in [5.41, 5.74) is 0. The number of thioether (sulfide) groups is 1. The molecule has 1 saturated heterocycles. The van der Waals surface area contributed by atoms with Crippen LogP contribution in [0.1, 0.15) is 38.5 Å². The number of anilines is 1. The van der Waals surface area contributed by atoms with E-state index in [2.05, 4.69) is 20.2 Å². The molecule has 7 nitrogen and oxygen atoms in total. The van der Waals surface area contributed by atoms with Crippen molar-refractivity contribution in [3.05, 3.63) is 24.4 Å². The summed E-state index contributed by atoms with van der Waals surface area (Å²) in [5.74, 6) is 0.889. The number of aromatic nitrogens is 1. The molecule has 2 aliphatic heterocycles. The summed E-state index contributed by atoms with van der Waals surface area (Å²) in [4.78, 5) is 37.7. The average Bonchev–Trinajstić information content (AvgIpc) is 3.15. The smallest absolute Gasteiger partial charge is 0.226 e. The number of pyridine rings is 1. The normalized spacial score (nSPS) is 24.5. The van der Waals surface area contributed by atoms with Gasteiger partial charge in [-0.2, -0.15) is 0 Å². The van der Waals surface area contributed by atoms with E-state index in [0.29, 0.717) is 24.4 Å². The Labute approximate surface area is 170 Å². The number of nitrogens with zero attached hydrogens (tertiary/aromatic N) is 4. The third-order valence-electron chi connectivity index (χ3n) is 5.63. The zero-order valence-electron chi connectivity index (χ0n) is 16.0. The second kappa shape index (κ2) is 8.94. The van der Waals surface area contributed by atoms with E-state index in [9.17, 15) is 9.59 Å². The van der Waals surface area contributed by atoms with Crippen molar-refractivity contribution < 1.29 is 9.59 Å². The summed E-state index contributed by atoms with van der Waals surface area (Å²) in [7, 11) is 0. The average molecular weight is 402 g/mol. The number of hydrogen-bond donors (Lipinski definition) is 1. The molecule has 28 heavy (non-hydrogen) atoms. The van der Waals surface area contributed by atoms with Gasteiger partial charge in [-0.15, -0.1) is 0 Å². The van der Waals surface area contributed by atoms with Crippen LogP contribution in [0.3, 0.4) is 0 Å². The van der Waals surface area contributed by atoms with Crippen LogP contribution in [0.5, 0.6) is 0 Å². The quantitative estimate of drug-likeness (QED) is 0.835. The molecular weight excluding hydrogens is 374 g/mol. The lowest BCUT2D eigenvalue weighted by Crippen LogP contribution is -2.49. The number of hydrogen-bond acceptors (Lipinski definition) is 6. The predicted molar refractivity (Wildman–Crippen MR) is 111 cm³/mol. The number of piperazine rings is 1. The molecular formula is C20H27N5O2S. The van der Waals surface area contributed by atoms with Crippen molar-refractivity contribution in [3.63, 3.8) is 0 Å². The molecule has 3 aliphatic rings. The molecule has 2 atom stereocenters. The number of amides is 2. The monoisotopic (exact) mass is 401 g/mol. The Bertz CT molecular complexity index is 733. The molecule has 1 saturated carbocycles. The Morgan fingerprint density at radius 1 is 1.11 bits per heavy atom. The number of fused-ring (bicyclic) bond motifs is 1. The summed E-state index contributed by atoms with van der Waals surface area (Å²) in [5, 5.41) is 4.19. The molecule has 1 aliphatic carbocycles. The molecule has 1 aromatic heterocycles. The standard InChI is InChI=1S/C20H27N5O2S/c26-18(23-20-22-15-5-1-2-6-16(15)28-20)8-9-19(27)25-13-11-24(12-14-25)17-7-3-4-10-21-17/h3-4,7,10,15-16H,1-2,5-6,8-9,11-14H2,(H,22,23,26)/t15-,16+/m1/s1. The number of amidine groups is 1. The molecule has 0 spiro atoms. The minimum Gasteiger partial charge on any atom is -0.353 e. The topological polar surface area (TPSA) is 77.9 Å². The summed E-state index contributed by atoms with van der Waals surface area (Å²) in [6.07, 6.45) is 7.05. The van der Waals surface area contributed by atoms with Crippen molar-refractivity contribution in [2.45, 2.75) is 49.8 Å². The molecule has 2 fully saturated rings. The fraction of sp³-hybridized carbons (Fsp3) is 0.600. The lowest BCUT2D eigenvalue weighted by atomic mass is 9.96. The number of carbonyl (C=O) groups excluding carboxylic acids is 2. The van der Waals surface area contributed by atoms with Gasteiger partial charge < -0.3 is 15.1 Å². The van der Waals surface area contributed by atoms with Gasteiger partial charge in [0.15, 0.2) is 5.17 Å². The highest BCUT2D eigenvalue weighted by atomic mass is 32.2. The predicted octanol–water partition coefficient (Wildman–Crippen LogP) is 2.04. The highest BCUT2D eigenvalue weighted by molar-refractivity contribution is 8.14. The van der Waals surface area contributed by atoms with Crippen LogP contribution in [0.4, 0.5) is 5.82 Å². The highest BCUT2D eigenvalue weighted by Gasteiger charge is 2.32. The Balaban J connectivity index is 1.18. The number of rotatable bonds is 4.